The summed E-state index contributed by atoms with van der Waals surface area (Å²) in [6.45, 7) is 4.99. The molecule has 1 fully saturated rings. The Labute approximate surface area is 94.9 Å². The minimum Gasteiger partial charge on any atom is -0.367 e. The fourth-order valence-corrected chi connectivity index (χ4v) is 2.15. The van der Waals surface area contributed by atoms with Gasteiger partial charge in [-0.1, -0.05) is 19.1 Å². The van der Waals surface area contributed by atoms with Crippen LogP contribution in [0.15, 0.2) is 6.07 Å². The molecule has 0 spiro atoms. The maximum atomic E-state index is 5.74. The number of aromatic nitrogens is 2. The Balaban J connectivity index is 2.43. The lowest BCUT2D eigenvalue weighted by Crippen LogP contribution is -2.24. The lowest BCUT2D eigenvalue weighted by Gasteiger charge is -2.22. The van der Waals surface area contributed by atoms with Crippen LogP contribution in [0.25, 0.3) is 0 Å². The first kappa shape index (κ1) is 10.8. The molecule has 0 amide bonds. The van der Waals surface area contributed by atoms with E-state index in [0.717, 1.165) is 37.4 Å². The van der Waals surface area contributed by atoms with Crippen molar-refractivity contribution in [3.63, 3.8) is 0 Å². The zero-order valence-corrected chi connectivity index (χ0v) is 9.99. The Hall–Kier alpha value is -0.740. The summed E-state index contributed by atoms with van der Waals surface area (Å²) in [5.41, 5.74) is 0.861. The third-order valence-electron chi connectivity index (χ3n) is 2.90. The molecule has 1 aliphatic heterocycles. The molecule has 1 unspecified atom stereocenters. The third kappa shape index (κ3) is 2.11. The number of H-pyrrole nitrogens is 1. The maximum absolute atomic E-state index is 5.74. The number of hydrogen-bond acceptors (Lipinski definition) is 3. The van der Waals surface area contributed by atoms with Crippen LogP contribution in [0.2, 0.25) is 0 Å². The maximum Gasteiger partial charge on any atom is 0.140 e. The molecular formula is C11H16N2OS. The van der Waals surface area contributed by atoms with Gasteiger partial charge in [-0.15, -0.1) is 0 Å². The van der Waals surface area contributed by atoms with Crippen LogP contribution in [0.1, 0.15) is 38.2 Å². The van der Waals surface area contributed by atoms with Crippen molar-refractivity contribution in [3.05, 3.63) is 22.2 Å². The first-order valence-corrected chi connectivity index (χ1v) is 5.79. The average molecular weight is 224 g/mol. The molecule has 1 N–H and O–H groups in total. The zero-order chi connectivity index (χ0) is 10.9. The highest BCUT2D eigenvalue weighted by Gasteiger charge is 2.34. The summed E-state index contributed by atoms with van der Waals surface area (Å²) in [7, 11) is 0. The van der Waals surface area contributed by atoms with Crippen LogP contribution in [0, 0.1) is 4.64 Å². The number of rotatable bonds is 2. The Morgan fingerprint density at radius 1 is 1.67 bits per heavy atom. The number of aryl methyl sites for hydroxylation is 1. The van der Waals surface area contributed by atoms with E-state index in [-0.39, 0.29) is 5.60 Å². The number of nitrogens with one attached hydrogen (secondary N) is 1. The van der Waals surface area contributed by atoms with Crippen LogP contribution < -0.4 is 0 Å². The van der Waals surface area contributed by atoms with E-state index >= 15 is 0 Å². The molecule has 4 heteroatoms. The van der Waals surface area contributed by atoms with Crippen molar-refractivity contribution in [1.82, 2.24) is 9.97 Å². The summed E-state index contributed by atoms with van der Waals surface area (Å²) in [5, 5.41) is 0. The van der Waals surface area contributed by atoms with Gasteiger partial charge < -0.3 is 9.72 Å². The van der Waals surface area contributed by atoms with Crippen LogP contribution in [0.5, 0.6) is 0 Å². The quantitative estimate of drug-likeness (QED) is 0.785. The first-order valence-electron chi connectivity index (χ1n) is 5.39. The normalized spacial score (nSPS) is 25.7. The van der Waals surface area contributed by atoms with Crippen molar-refractivity contribution < 1.29 is 4.74 Å². The lowest BCUT2D eigenvalue weighted by molar-refractivity contribution is 0.00907. The van der Waals surface area contributed by atoms with Crippen LogP contribution in [-0.2, 0) is 16.8 Å². The van der Waals surface area contributed by atoms with Crippen LogP contribution >= 0.6 is 12.2 Å². The van der Waals surface area contributed by atoms with E-state index in [2.05, 4.69) is 23.8 Å². The van der Waals surface area contributed by atoms with Crippen LogP contribution in [0.3, 0.4) is 0 Å². The van der Waals surface area contributed by atoms with Gasteiger partial charge in [0, 0.05) is 12.3 Å². The summed E-state index contributed by atoms with van der Waals surface area (Å²) >= 11 is 5.15. The summed E-state index contributed by atoms with van der Waals surface area (Å²) < 4.78 is 6.39. The molecule has 1 aliphatic rings. The third-order valence-corrected chi connectivity index (χ3v) is 3.11. The van der Waals surface area contributed by atoms with E-state index in [1.165, 1.54) is 0 Å². The Morgan fingerprint density at radius 2 is 2.47 bits per heavy atom. The molecule has 3 nitrogen and oxygen atoms in total. The van der Waals surface area contributed by atoms with Crippen molar-refractivity contribution in [2.45, 2.75) is 38.7 Å². The number of nitrogens with zero attached hydrogens (tertiary/aromatic N) is 1. The van der Waals surface area contributed by atoms with Gasteiger partial charge in [-0.05, 0) is 32.3 Å². The van der Waals surface area contributed by atoms with E-state index in [0.29, 0.717) is 4.64 Å². The highest BCUT2D eigenvalue weighted by Crippen LogP contribution is 2.33. The van der Waals surface area contributed by atoms with Gasteiger partial charge in [0.15, 0.2) is 0 Å². The Kier molecular flexibility index (Phi) is 2.89. The van der Waals surface area contributed by atoms with Gasteiger partial charge in [0.25, 0.3) is 0 Å². The molecule has 0 saturated carbocycles. The number of hydrogen-bond donors (Lipinski definition) is 1. The summed E-state index contributed by atoms with van der Waals surface area (Å²) in [6, 6.07) is 1.91. The molecule has 1 saturated heterocycles. The molecular weight excluding hydrogens is 208 g/mol. The van der Waals surface area contributed by atoms with E-state index in [1.54, 1.807) is 0 Å². The second-order valence-electron chi connectivity index (χ2n) is 4.13. The largest absolute Gasteiger partial charge is 0.367 e. The second-order valence-corrected chi connectivity index (χ2v) is 4.55. The van der Waals surface area contributed by atoms with E-state index < -0.39 is 0 Å². The molecule has 0 aliphatic carbocycles. The minimum absolute atomic E-state index is 0.265. The molecule has 15 heavy (non-hydrogen) atoms. The van der Waals surface area contributed by atoms with E-state index in [9.17, 15) is 0 Å². The molecule has 0 bridgehead atoms. The SMILES string of the molecule is CCc1cc(=S)nc(C2(C)CCCO2)[nH]1. The van der Waals surface area contributed by atoms with Gasteiger partial charge >= 0.3 is 0 Å². The van der Waals surface area contributed by atoms with Crippen LogP contribution in [-0.4, -0.2) is 16.6 Å². The Bertz CT molecular complexity index is 407. The van der Waals surface area contributed by atoms with Crippen molar-refractivity contribution in [2.75, 3.05) is 6.61 Å². The second kappa shape index (κ2) is 4.02. The van der Waals surface area contributed by atoms with Crippen molar-refractivity contribution >= 4 is 12.2 Å². The van der Waals surface area contributed by atoms with E-state index in [1.807, 2.05) is 6.07 Å². The summed E-state index contributed by atoms with van der Waals surface area (Å²) in [5.74, 6) is 0.879. The molecule has 1 atom stereocenters. The Morgan fingerprint density at radius 3 is 3.07 bits per heavy atom. The minimum atomic E-state index is -0.265. The summed E-state index contributed by atoms with van der Waals surface area (Å²) in [6.07, 6.45) is 3.04. The number of aromatic amines is 1. The molecule has 1 aromatic heterocycles. The lowest BCUT2D eigenvalue weighted by atomic mass is 10.0. The van der Waals surface area contributed by atoms with Gasteiger partial charge in [0.1, 0.15) is 16.1 Å². The highest BCUT2D eigenvalue weighted by atomic mass is 32.1. The molecule has 2 heterocycles. The van der Waals surface area contributed by atoms with Crippen molar-refractivity contribution in [3.8, 4) is 0 Å². The molecule has 82 valence electrons. The topological polar surface area (TPSA) is 37.9 Å². The van der Waals surface area contributed by atoms with Crippen LogP contribution in [0.4, 0.5) is 0 Å². The van der Waals surface area contributed by atoms with Gasteiger partial charge in [-0.3, -0.25) is 0 Å². The first-order chi connectivity index (χ1) is 7.14. The zero-order valence-electron chi connectivity index (χ0n) is 9.17. The molecule has 2 rings (SSSR count). The number of ether oxygens (including phenoxy) is 1. The molecule has 1 aromatic rings. The molecule has 0 aromatic carbocycles. The highest BCUT2D eigenvalue weighted by molar-refractivity contribution is 7.71. The van der Waals surface area contributed by atoms with Gasteiger partial charge in [-0.2, -0.15) is 0 Å². The van der Waals surface area contributed by atoms with Crippen molar-refractivity contribution in [2.24, 2.45) is 0 Å². The van der Waals surface area contributed by atoms with Gasteiger partial charge in [0.2, 0.25) is 0 Å². The smallest absolute Gasteiger partial charge is 0.140 e. The summed E-state index contributed by atoms with van der Waals surface area (Å²) in [4.78, 5) is 7.68. The average Bonchev–Trinajstić information content (AvgIpc) is 2.65. The standard InChI is InChI=1S/C11H16N2OS/c1-3-8-7-9(15)13-10(12-8)11(2)5-4-6-14-11/h7H,3-6H2,1-2H3,(H,12,13,15). The predicted octanol–water partition coefficient (Wildman–Crippen LogP) is 2.73. The molecule has 0 radical (unpaired) electrons. The van der Waals surface area contributed by atoms with E-state index in [4.69, 9.17) is 17.0 Å². The monoisotopic (exact) mass is 224 g/mol. The predicted molar refractivity (Wildman–Crippen MR) is 61.3 cm³/mol. The fraction of sp³-hybridized carbons (Fsp3) is 0.636. The van der Waals surface area contributed by atoms with Gasteiger partial charge in [-0.25, -0.2) is 4.98 Å². The fourth-order valence-electron chi connectivity index (χ4n) is 1.91. The van der Waals surface area contributed by atoms with Gasteiger partial charge in [0.05, 0.1) is 0 Å². The van der Waals surface area contributed by atoms with Crippen molar-refractivity contribution in [1.29, 1.82) is 0 Å².